The van der Waals surface area contributed by atoms with Crippen LogP contribution in [0, 0.1) is 0 Å². The molecular weight excluding hydrogens is 407 g/mol. The number of nitrogens with one attached hydrogen (secondary N) is 1. The summed E-state index contributed by atoms with van der Waals surface area (Å²) in [4.78, 5) is 27.0. The molecule has 0 fully saturated rings. The minimum Gasteiger partial charge on any atom is -0.444 e. The number of carbonyl (C=O) groups is 2. The SMILES string of the molecule is CCOP(=O)(OCC)C(C)NC(=O)C(Cc1ccccc1)N(C)C(=O)OC(C)(C)C. The smallest absolute Gasteiger partial charge is 0.410 e. The van der Waals surface area contributed by atoms with Crippen molar-refractivity contribution >= 4 is 19.6 Å². The average molecular weight is 442 g/mol. The van der Waals surface area contributed by atoms with Crippen molar-refractivity contribution < 1.29 is 27.9 Å². The van der Waals surface area contributed by atoms with Gasteiger partial charge in [-0.15, -0.1) is 0 Å². The van der Waals surface area contributed by atoms with Crippen molar-refractivity contribution in [2.24, 2.45) is 0 Å². The van der Waals surface area contributed by atoms with Crippen LogP contribution in [0.3, 0.4) is 0 Å². The van der Waals surface area contributed by atoms with Gasteiger partial charge in [0.1, 0.15) is 17.4 Å². The van der Waals surface area contributed by atoms with Crippen molar-refractivity contribution in [3.8, 4) is 0 Å². The van der Waals surface area contributed by atoms with E-state index in [4.69, 9.17) is 13.8 Å². The van der Waals surface area contributed by atoms with Gasteiger partial charge in [0.25, 0.3) is 0 Å². The molecule has 0 aromatic heterocycles. The van der Waals surface area contributed by atoms with Gasteiger partial charge in [-0.05, 0) is 47.1 Å². The fourth-order valence-electron chi connectivity index (χ4n) is 2.71. The Morgan fingerprint density at radius 2 is 1.63 bits per heavy atom. The van der Waals surface area contributed by atoms with Crippen LogP contribution in [-0.2, 0) is 29.6 Å². The summed E-state index contributed by atoms with van der Waals surface area (Å²) in [6.45, 7) is 10.6. The molecule has 0 heterocycles. The molecule has 1 rings (SSSR count). The maximum atomic E-state index is 13.1. The van der Waals surface area contributed by atoms with Gasteiger partial charge in [0.15, 0.2) is 0 Å². The summed E-state index contributed by atoms with van der Waals surface area (Å²) in [7, 11) is -2.03. The first-order chi connectivity index (χ1) is 13.9. The molecule has 0 aliphatic carbocycles. The molecule has 170 valence electrons. The van der Waals surface area contributed by atoms with Crippen LogP contribution in [0.4, 0.5) is 4.79 Å². The van der Waals surface area contributed by atoms with Gasteiger partial charge in [-0.2, -0.15) is 0 Å². The average Bonchev–Trinajstić information content (AvgIpc) is 2.65. The first-order valence-electron chi connectivity index (χ1n) is 10.1. The molecule has 0 saturated heterocycles. The summed E-state index contributed by atoms with van der Waals surface area (Å²) >= 11 is 0. The molecule has 2 atom stereocenters. The van der Waals surface area contributed by atoms with E-state index in [0.717, 1.165) is 5.56 Å². The molecule has 1 N–H and O–H groups in total. The van der Waals surface area contributed by atoms with Crippen LogP contribution >= 0.6 is 7.60 Å². The third kappa shape index (κ3) is 8.09. The van der Waals surface area contributed by atoms with Crippen LogP contribution in [0.5, 0.6) is 0 Å². The van der Waals surface area contributed by atoms with Gasteiger partial charge in [0.2, 0.25) is 5.91 Å². The Labute approximate surface area is 179 Å². The zero-order valence-corrected chi connectivity index (χ0v) is 19.9. The van der Waals surface area contributed by atoms with E-state index in [-0.39, 0.29) is 19.6 Å². The van der Waals surface area contributed by atoms with Crippen LogP contribution in [0.25, 0.3) is 0 Å². The van der Waals surface area contributed by atoms with E-state index in [1.54, 1.807) is 41.5 Å². The van der Waals surface area contributed by atoms with Crippen LogP contribution in [0.2, 0.25) is 0 Å². The lowest BCUT2D eigenvalue weighted by Crippen LogP contribution is -2.52. The number of rotatable bonds is 10. The third-order valence-corrected chi connectivity index (χ3v) is 6.48. The van der Waals surface area contributed by atoms with E-state index in [9.17, 15) is 14.2 Å². The van der Waals surface area contributed by atoms with Gasteiger partial charge in [0.05, 0.1) is 13.2 Å². The molecule has 1 aromatic carbocycles. The van der Waals surface area contributed by atoms with Crippen molar-refractivity contribution in [1.29, 1.82) is 0 Å². The summed E-state index contributed by atoms with van der Waals surface area (Å²) in [5.74, 6) is -1.35. The predicted octanol–water partition coefficient (Wildman–Crippen LogP) is 4.19. The maximum Gasteiger partial charge on any atom is 0.410 e. The highest BCUT2D eigenvalue weighted by Gasteiger charge is 2.37. The molecular formula is C21H35N2O6P. The zero-order valence-electron chi connectivity index (χ0n) is 19.0. The highest BCUT2D eigenvalue weighted by molar-refractivity contribution is 7.54. The molecule has 0 bridgehead atoms. The molecule has 2 unspecified atom stereocenters. The topological polar surface area (TPSA) is 94.2 Å². The summed E-state index contributed by atoms with van der Waals surface area (Å²) < 4.78 is 29.0. The Bertz CT molecular complexity index is 725. The molecule has 0 aliphatic heterocycles. The minimum atomic E-state index is -3.54. The van der Waals surface area contributed by atoms with Crippen molar-refractivity contribution in [2.45, 2.75) is 65.4 Å². The lowest BCUT2D eigenvalue weighted by atomic mass is 10.0. The molecule has 8 nitrogen and oxygen atoms in total. The summed E-state index contributed by atoms with van der Waals surface area (Å²) in [6.07, 6.45) is -0.355. The summed E-state index contributed by atoms with van der Waals surface area (Å²) in [6, 6.07) is 8.47. The quantitative estimate of drug-likeness (QED) is 0.546. The number of nitrogens with zero attached hydrogens (tertiary/aromatic N) is 1. The minimum absolute atomic E-state index is 0.183. The molecule has 2 amide bonds. The highest BCUT2D eigenvalue weighted by atomic mass is 31.2. The van der Waals surface area contributed by atoms with Gasteiger partial charge < -0.3 is 19.1 Å². The van der Waals surface area contributed by atoms with E-state index in [2.05, 4.69) is 5.32 Å². The van der Waals surface area contributed by atoms with Crippen molar-refractivity contribution in [3.63, 3.8) is 0 Å². The lowest BCUT2D eigenvalue weighted by molar-refractivity contribution is -0.126. The number of hydrogen-bond donors (Lipinski definition) is 1. The molecule has 9 heteroatoms. The molecule has 1 aromatic rings. The van der Waals surface area contributed by atoms with Crippen molar-refractivity contribution in [3.05, 3.63) is 35.9 Å². The molecule has 0 aliphatic rings. The highest BCUT2D eigenvalue weighted by Crippen LogP contribution is 2.51. The first-order valence-corrected chi connectivity index (χ1v) is 11.7. The first kappa shape index (κ1) is 26.1. The number of hydrogen-bond acceptors (Lipinski definition) is 6. The number of amides is 2. The Morgan fingerprint density at radius 3 is 2.10 bits per heavy atom. The fraction of sp³-hybridized carbons (Fsp3) is 0.619. The second-order valence-electron chi connectivity index (χ2n) is 7.86. The zero-order chi connectivity index (χ0) is 22.9. The van der Waals surface area contributed by atoms with E-state index in [1.807, 2.05) is 30.3 Å². The standard InChI is InChI=1S/C21H35N2O6P/c1-8-27-30(26,28-9-2)16(3)22-19(24)18(15-17-13-11-10-12-14-17)23(7)20(25)29-21(4,5)6/h10-14,16,18H,8-9,15H2,1-7H3,(H,22,24). The van der Waals surface area contributed by atoms with Gasteiger partial charge in [-0.1, -0.05) is 30.3 Å². The van der Waals surface area contributed by atoms with Crippen molar-refractivity contribution in [2.75, 3.05) is 20.3 Å². The summed E-state index contributed by atoms with van der Waals surface area (Å²) in [5.41, 5.74) is 0.171. The Hall–Kier alpha value is -1.89. The molecule has 0 saturated carbocycles. The molecule has 0 spiro atoms. The predicted molar refractivity (Wildman–Crippen MR) is 116 cm³/mol. The Balaban J connectivity index is 3.09. The Kier molecular flexibility index (Phi) is 10.0. The van der Waals surface area contributed by atoms with Crippen LogP contribution in [0.15, 0.2) is 30.3 Å². The van der Waals surface area contributed by atoms with Gasteiger partial charge >= 0.3 is 13.7 Å². The van der Waals surface area contributed by atoms with E-state index >= 15 is 0 Å². The van der Waals surface area contributed by atoms with Crippen LogP contribution in [0.1, 0.15) is 47.1 Å². The van der Waals surface area contributed by atoms with E-state index in [1.165, 1.54) is 11.9 Å². The maximum absolute atomic E-state index is 13.1. The molecule has 30 heavy (non-hydrogen) atoms. The molecule has 0 radical (unpaired) electrons. The number of ether oxygens (including phenoxy) is 1. The summed E-state index contributed by atoms with van der Waals surface area (Å²) in [5, 5.41) is 2.71. The fourth-order valence-corrected chi connectivity index (χ4v) is 4.23. The van der Waals surface area contributed by atoms with Gasteiger partial charge in [-0.25, -0.2) is 4.79 Å². The van der Waals surface area contributed by atoms with Crippen LogP contribution in [-0.4, -0.2) is 54.6 Å². The number of likely N-dealkylation sites (N-methyl/N-ethyl adjacent to an activating group) is 1. The number of carbonyl (C=O) groups excluding carboxylic acids is 2. The van der Waals surface area contributed by atoms with Gasteiger partial charge in [0, 0.05) is 13.5 Å². The second-order valence-corrected chi connectivity index (χ2v) is 10.2. The number of benzene rings is 1. The normalized spacial score (nSPS) is 14.0. The van der Waals surface area contributed by atoms with Gasteiger partial charge in [-0.3, -0.25) is 14.3 Å². The van der Waals surface area contributed by atoms with E-state index in [0.29, 0.717) is 0 Å². The van der Waals surface area contributed by atoms with E-state index < -0.39 is 37.0 Å². The Morgan fingerprint density at radius 1 is 1.10 bits per heavy atom. The second kappa shape index (κ2) is 11.5. The van der Waals surface area contributed by atoms with Crippen LogP contribution < -0.4 is 5.32 Å². The van der Waals surface area contributed by atoms with Crippen molar-refractivity contribution in [1.82, 2.24) is 10.2 Å². The lowest BCUT2D eigenvalue weighted by Gasteiger charge is -2.32. The third-order valence-electron chi connectivity index (χ3n) is 4.17. The largest absolute Gasteiger partial charge is 0.444 e. The monoisotopic (exact) mass is 442 g/mol.